The fraction of sp³-hybridized carbons (Fsp3) is 0.706. The van der Waals surface area contributed by atoms with Crippen LogP contribution < -0.4 is 5.32 Å². The quantitative estimate of drug-likeness (QED) is 0.672. The van der Waals surface area contributed by atoms with E-state index in [1.807, 2.05) is 6.07 Å². The summed E-state index contributed by atoms with van der Waals surface area (Å²) < 4.78 is 12.8. The number of nitrogens with one attached hydrogen (secondary N) is 1. The third-order valence-electron chi connectivity index (χ3n) is 4.51. The molecule has 1 aromatic rings. The molecule has 2 N–H and O–H groups in total. The molecule has 3 rings (SSSR count). The molecule has 2 fully saturated rings. The third-order valence-corrected chi connectivity index (χ3v) is 4.51. The van der Waals surface area contributed by atoms with Gasteiger partial charge in [-0.1, -0.05) is 0 Å². The highest BCUT2D eigenvalue weighted by Gasteiger charge is 2.23. The van der Waals surface area contributed by atoms with Gasteiger partial charge in [0, 0.05) is 25.5 Å². The Balaban J connectivity index is 0.000000758. The van der Waals surface area contributed by atoms with Gasteiger partial charge < -0.3 is 24.8 Å². The van der Waals surface area contributed by atoms with Crippen molar-refractivity contribution < 1.29 is 24.2 Å². The monoisotopic (exact) mass is 368 g/mol. The number of carboxylic acid groups (broad SMARTS) is 1. The molecule has 146 valence electrons. The van der Waals surface area contributed by atoms with E-state index in [1.165, 1.54) is 0 Å². The summed E-state index contributed by atoms with van der Waals surface area (Å²) in [6.07, 6.45) is 5.94. The van der Waals surface area contributed by atoms with E-state index in [-0.39, 0.29) is 18.5 Å². The molecule has 26 heavy (non-hydrogen) atoms. The lowest BCUT2D eigenvalue weighted by Crippen LogP contribution is -2.45. The summed E-state index contributed by atoms with van der Waals surface area (Å²) >= 11 is 0. The number of ether oxygens (including phenoxy) is 2. The van der Waals surface area contributed by atoms with E-state index in [0.717, 1.165) is 45.6 Å². The minimum absolute atomic E-state index is 0.0314. The first-order valence-electron chi connectivity index (χ1n) is 8.95. The van der Waals surface area contributed by atoms with Crippen molar-refractivity contribution in [2.45, 2.75) is 25.5 Å². The lowest BCUT2D eigenvalue weighted by molar-refractivity contribution is -0.123. The first kappa shape index (κ1) is 20.3. The van der Waals surface area contributed by atoms with Gasteiger partial charge in [0.2, 0.25) is 5.91 Å². The molecule has 0 spiro atoms. The second-order valence-corrected chi connectivity index (χ2v) is 6.42. The largest absolute Gasteiger partial charge is 0.483 e. The van der Waals surface area contributed by atoms with E-state index in [2.05, 4.69) is 15.3 Å². The summed E-state index contributed by atoms with van der Waals surface area (Å²) in [5.74, 6) is 0.597. The van der Waals surface area contributed by atoms with Crippen LogP contribution in [0.2, 0.25) is 0 Å². The normalized spacial score (nSPS) is 21.5. The van der Waals surface area contributed by atoms with Crippen LogP contribution in [0.1, 0.15) is 12.8 Å². The highest BCUT2D eigenvalue weighted by atomic mass is 16.6. The molecule has 0 aromatic carbocycles. The second-order valence-electron chi connectivity index (χ2n) is 6.42. The van der Waals surface area contributed by atoms with Crippen LogP contribution in [0.15, 0.2) is 18.5 Å². The van der Waals surface area contributed by atoms with Gasteiger partial charge in [-0.05, 0) is 37.9 Å². The maximum Gasteiger partial charge on any atom is 0.290 e. The zero-order valence-electron chi connectivity index (χ0n) is 15.0. The van der Waals surface area contributed by atoms with Crippen LogP contribution in [0.3, 0.4) is 0 Å². The molecule has 2 aliphatic rings. The second kappa shape index (κ2) is 11.6. The average Bonchev–Trinajstić information content (AvgIpc) is 3.16. The number of likely N-dealkylation sites (tertiary alicyclic amines) is 1. The van der Waals surface area contributed by atoms with E-state index >= 15 is 0 Å². The SMILES string of the molecule is O=C(Cn1cccn1)NCC1CCN(CC2COCCO2)CC1.O=CO. The van der Waals surface area contributed by atoms with Crippen molar-refractivity contribution >= 4 is 12.4 Å². The Hall–Kier alpha value is -1.97. The number of carbonyl (C=O) groups excluding carboxylic acids is 1. The van der Waals surface area contributed by atoms with Crippen LogP contribution in [0.25, 0.3) is 0 Å². The zero-order valence-corrected chi connectivity index (χ0v) is 15.0. The average molecular weight is 368 g/mol. The van der Waals surface area contributed by atoms with E-state index < -0.39 is 0 Å². The van der Waals surface area contributed by atoms with Crippen LogP contribution in [-0.4, -0.2) is 84.3 Å². The van der Waals surface area contributed by atoms with Gasteiger partial charge in [-0.2, -0.15) is 5.10 Å². The molecule has 3 heterocycles. The van der Waals surface area contributed by atoms with E-state index in [9.17, 15) is 4.79 Å². The molecule has 2 aliphatic heterocycles. The van der Waals surface area contributed by atoms with Crippen molar-refractivity contribution in [2.75, 3.05) is 46.0 Å². The smallest absolute Gasteiger partial charge is 0.290 e. The molecule has 0 bridgehead atoms. The van der Waals surface area contributed by atoms with Gasteiger partial charge in [0.05, 0.1) is 25.9 Å². The Bertz CT molecular complexity index is 511. The fourth-order valence-corrected chi connectivity index (χ4v) is 3.16. The summed E-state index contributed by atoms with van der Waals surface area (Å²) in [7, 11) is 0. The van der Waals surface area contributed by atoms with Crippen molar-refractivity contribution in [3.05, 3.63) is 18.5 Å². The highest BCUT2D eigenvalue weighted by molar-refractivity contribution is 5.75. The lowest BCUT2D eigenvalue weighted by atomic mass is 9.96. The van der Waals surface area contributed by atoms with Gasteiger partial charge in [-0.15, -0.1) is 0 Å². The molecule has 9 nitrogen and oxygen atoms in total. The molecule has 1 unspecified atom stereocenters. The summed E-state index contributed by atoms with van der Waals surface area (Å²) in [4.78, 5) is 22.7. The van der Waals surface area contributed by atoms with Crippen LogP contribution in [0, 0.1) is 5.92 Å². The Kier molecular flexibility index (Phi) is 9.08. The van der Waals surface area contributed by atoms with Crippen molar-refractivity contribution in [1.82, 2.24) is 20.0 Å². The molecular weight excluding hydrogens is 340 g/mol. The van der Waals surface area contributed by atoms with Gasteiger partial charge in [-0.3, -0.25) is 14.3 Å². The van der Waals surface area contributed by atoms with Crippen LogP contribution in [-0.2, 0) is 25.6 Å². The predicted octanol–water partition coefficient (Wildman–Crippen LogP) is -0.172. The number of amides is 1. The number of hydrogen-bond donors (Lipinski definition) is 2. The maximum atomic E-state index is 11.9. The van der Waals surface area contributed by atoms with Crippen molar-refractivity contribution in [3.8, 4) is 0 Å². The molecule has 9 heteroatoms. The van der Waals surface area contributed by atoms with Crippen molar-refractivity contribution in [3.63, 3.8) is 0 Å². The molecule has 1 atom stereocenters. The number of piperidine rings is 1. The zero-order chi connectivity index (χ0) is 18.6. The standard InChI is InChI=1S/C16H26N4O3.CH2O2/c21-16(12-20-5-1-4-18-20)17-10-14-2-6-19(7-3-14)11-15-13-22-8-9-23-15;2-1-3/h1,4-5,14-15H,2-3,6-13H2,(H,17,21);1H,(H,2,3). The lowest BCUT2D eigenvalue weighted by Gasteiger charge is -2.35. The van der Waals surface area contributed by atoms with Crippen LogP contribution in [0.5, 0.6) is 0 Å². The Morgan fingerprint density at radius 1 is 1.35 bits per heavy atom. The van der Waals surface area contributed by atoms with Gasteiger partial charge in [0.25, 0.3) is 6.47 Å². The molecule has 1 amide bonds. The first-order chi connectivity index (χ1) is 12.7. The van der Waals surface area contributed by atoms with E-state index in [1.54, 1.807) is 17.1 Å². The Labute approximate surface area is 153 Å². The number of carbonyl (C=O) groups is 2. The number of nitrogens with zero attached hydrogens (tertiary/aromatic N) is 3. The minimum Gasteiger partial charge on any atom is -0.483 e. The molecule has 0 saturated carbocycles. The fourth-order valence-electron chi connectivity index (χ4n) is 3.16. The minimum atomic E-state index is -0.250. The summed E-state index contributed by atoms with van der Waals surface area (Å²) in [5, 5.41) is 14.0. The Morgan fingerprint density at radius 2 is 2.12 bits per heavy atom. The summed E-state index contributed by atoms with van der Waals surface area (Å²) in [5.41, 5.74) is 0. The van der Waals surface area contributed by atoms with E-state index in [4.69, 9.17) is 19.4 Å². The van der Waals surface area contributed by atoms with Gasteiger partial charge in [0.1, 0.15) is 6.54 Å². The third kappa shape index (κ3) is 7.51. The molecule has 0 aliphatic carbocycles. The van der Waals surface area contributed by atoms with Crippen LogP contribution in [0.4, 0.5) is 0 Å². The molecule has 0 radical (unpaired) electrons. The van der Waals surface area contributed by atoms with Gasteiger partial charge >= 0.3 is 0 Å². The first-order valence-corrected chi connectivity index (χ1v) is 8.95. The van der Waals surface area contributed by atoms with Crippen molar-refractivity contribution in [1.29, 1.82) is 0 Å². The van der Waals surface area contributed by atoms with Gasteiger partial charge in [-0.25, -0.2) is 0 Å². The topological polar surface area (TPSA) is 106 Å². The number of rotatable bonds is 6. The number of aromatic nitrogens is 2. The summed E-state index contributed by atoms with van der Waals surface area (Å²) in [6, 6.07) is 1.82. The Morgan fingerprint density at radius 3 is 2.73 bits per heavy atom. The number of hydrogen-bond acceptors (Lipinski definition) is 6. The van der Waals surface area contributed by atoms with Gasteiger partial charge in [0.15, 0.2) is 0 Å². The molecular formula is C17H28N4O5. The molecule has 2 saturated heterocycles. The van der Waals surface area contributed by atoms with Crippen molar-refractivity contribution in [2.24, 2.45) is 5.92 Å². The predicted molar refractivity (Wildman–Crippen MR) is 93.7 cm³/mol. The summed E-state index contributed by atoms with van der Waals surface area (Å²) in [6.45, 7) is 6.04. The maximum absolute atomic E-state index is 11.9. The van der Waals surface area contributed by atoms with Crippen LogP contribution >= 0.6 is 0 Å². The highest BCUT2D eigenvalue weighted by Crippen LogP contribution is 2.17. The van der Waals surface area contributed by atoms with E-state index in [0.29, 0.717) is 25.7 Å². The molecule has 1 aromatic heterocycles.